The normalized spacial score (nSPS) is 14.9. The first-order valence-electron chi connectivity index (χ1n) is 7.80. The van der Waals surface area contributed by atoms with Crippen LogP contribution in [-0.2, 0) is 9.84 Å². The van der Waals surface area contributed by atoms with E-state index in [0.717, 1.165) is 29.7 Å². The molecule has 0 heterocycles. The monoisotopic (exact) mass is 311 g/mol. The van der Waals surface area contributed by atoms with E-state index in [1.54, 1.807) is 0 Å². The molecule has 3 nitrogen and oxygen atoms in total. The Morgan fingerprint density at radius 1 is 1.14 bits per heavy atom. The van der Waals surface area contributed by atoms with Gasteiger partial charge >= 0.3 is 0 Å². The van der Waals surface area contributed by atoms with Gasteiger partial charge in [-0.05, 0) is 37.4 Å². The molecule has 0 aromatic heterocycles. The van der Waals surface area contributed by atoms with Gasteiger partial charge in [0.25, 0.3) is 0 Å². The number of sulfone groups is 1. The average molecular weight is 311 g/mol. The van der Waals surface area contributed by atoms with Crippen LogP contribution in [0.15, 0.2) is 18.2 Å². The number of rotatable bonds is 8. The van der Waals surface area contributed by atoms with Crippen molar-refractivity contribution in [2.45, 2.75) is 47.1 Å². The van der Waals surface area contributed by atoms with Gasteiger partial charge in [-0.1, -0.05) is 51.0 Å². The molecule has 2 atom stereocenters. The van der Waals surface area contributed by atoms with E-state index in [2.05, 4.69) is 23.5 Å². The second-order valence-corrected chi connectivity index (χ2v) is 8.21. The van der Waals surface area contributed by atoms with Crippen LogP contribution in [0, 0.1) is 19.8 Å². The lowest BCUT2D eigenvalue weighted by Gasteiger charge is -2.22. The molecule has 0 radical (unpaired) electrons. The average Bonchev–Trinajstić information content (AvgIpc) is 2.40. The molecule has 2 unspecified atom stereocenters. The zero-order valence-electron chi connectivity index (χ0n) is 13.9. The fourth-order valence-corrected chi connectivity index (χ4v) is 4.56. The summed E-state index contributed by atoms with van der Waals surface area (Å²) in [5.74, 6) is 0.669. The van der Waals surface area contributed by atoms with Gasteiger partial charge in [0.2, 0.25) is 0 Å². The number of nitrogens with one attached hydrogen (secondary N) is 1. The van der Waals surface area contributed by atoms with Crippen molar-refractivity contribution >= 4 is 9.84 Å². The Morgan fingerprint density at radius 3 is 2.38 bits per heavy atom. The Labute approximate surface area is 130 Å². The Morgan fingerprint density at radius 2 is 1.81 bits per heavy atom. The van der Waals surface area contributed by atoms with E-state index in [4.69, 9.17) is 0 Å². The summed E-state index contributed by atoms with van der Waals surface area (Å²) in [6.07, 6.45) is 0.897. The third kappa shape index (κ3) is 5.79. The molecule has 0 bridgehead atoms. The molecule has 0 amide bonds. The minimum Gasteiger partial charge on any atom is -0.309 e. The van der Waals surface area contributed by atoms with Gasteiger partial charge in [0.05, 0.1) is 11.5 Å². The number of hydrogen-bond donors (Lipinski definition) is 1. The summed E-state index contributed by atoms with van der Waals surface area (Å²) < 4.78 is 24.8. The quantitative estimate of drug-likeness (QED) is 0.800. The molecule has 1 N–H and O–H groups in total. The molecule has 0 saturated heterocycles. The van der Waals surface area contributed by atoms with Gasteiger partial charge in [0.15, 0.2) is 9.84 Å². The molecule has 0 aliphatic carbocycles. The molecule has 21 heavy (non-hydrogen) atoms. The van der Waals surface area contributed by atoms with Crippen molar-refractivity contribution < 1.29 is 8.42 Å². The SMILES string of the molecule is CCNC(CS(=O)(=O)CC(C)CC)c1cc(C)ccc1C. The molecule has 0 fully saturated rings. The van der Waals surface area contributed by atoms with E-state index in [9.17, 15) is 8.42 Å². The lowest BCUT2D eigenvalue weighted by Crippen LogP contribution is -2.31. The van der Waals surface area contributed by atoms with Gasteiger partial charge < -0.3 is 5.32 Å². The predicted molar refractivity (Wildman–Crippen MR) is 90.4 cm³/mol. The molecule has 4 heteroatoms. The highest BCUT2D eigenvalue weighted by atomic mass is 32.2. The fraction of sp³-hybridized carbons (Fsp3) is 0.647. The van der Waals surface area contributed by atoms with Crippen molar-refractivity contribution in [3.8, 4) is 0 Å². The molecule has 0 spiro atoms. The van der Waals surface area contributed by atoms with Crippen LogP contribution in [0.25, 0.3) is 0 Å². The van der Waals surface area contributed by atoms with Gasteiger partial charge in [-0.2, -0.15) is 0 Å². The van der Waals surface area contributed by atoms with Crippen molar-refractivity contribution in [2.24, 2.45) is 5.92 Å². The van der Waals surface area contributed by atoms with Crippen LogP contribution in [0.2, 0.25) is 0 Å². The van der Waals surface area contributed by atoms with Gasteiger partial charge in [-0.25, -0.2) is 8.42 Å². The molecule has 1 aromatic rings. The smallest absolute Gasteiger partial charge is 0.152 e. The van der Waals surface area contributed by atoms with E-state index in [0.29, 0.717) is 0 Å². The van der Waals surface area contributed by atoms with Crippen LogP contribution < -0.4 is 5.32 Å². The fourth-order valence-electron chi connectivity index (χ4n) is 2.51. The molecular formula is C17H29NO2S. The van der Waals surface area contributed by atoms with E-state index >= 15 is 0 Å². The van der Waals surface area contributed by atoms with Crippen molar-refractivity contribution in [2.75, 3.05) is 18.1 Å². The first kappa shape index (κ1) is 18.2. The molecule has 120 valence electrons. The van der Waals surface area contributed by atoms with Crippen LogP contribution in [0.5, 0.6) is 0 Å². The lowest BCUT2D eigenvalue weighted by molar-refractivity contribution is 0.540. The van der Waals surface area contributed by atoms with E-state index in [-0.39, 0.29) is 23.5 Å². The highest BCUT2D eigenvalue weighted by Crippen LogP contribution is 2.22. The predicted octanol–water partition coefficient (Wildman–Crippen LogP) is 3.41. The molecule has 0 aliphatic heterocycles. The first-order valence-corrected chi connectivity index (χ1v) is 9.62. The summed E-state index contributed by atoms with van der Waals surface area (Å²) in [4.78, 5) is 0. The first-order chi connectivity index (χ1) is 9.79. The van der Waals surface area contributed by atoms with E-state index < -0.39 is 9.84 Å². The highest BCUT2D eigenvalue weighted by Gasteiger charge is 2.23. The summed E-state index contributed by atoms with van der Waals surface area (Å²) in [5.41, 5.74) is 3.41. The number of hydrogen-bond acceptors (Lipinski definition) is 3. The maximum absolute atomic E-state index is 12.4. The highest BCUT2D eigenvalue weighted by molar-refractivity contribution is 7.91. The minimum absolute atomic E-state index is 0.121. The molecular weight excluding hydrogens is 282 g/mol. The maximum atomic E-state index is 12.4. The largest absolute Gasteiger partial charge is 0.309 e. The Kier molecular flexibility index (Phi) is 6.88. The Bertz CT molecular complexity index is 552. The zero-order valence-corrected chi connectivity index (χ0v) is 14.8. The van der Waals surface area contributed by atoms with Gasteiger partial charge in [0.1, 0.15) is 0 Å². The second kappa shape index (κ2) is 7.95. The summed E-state index contributed by atoms with van der Waals surface area (Å²) in [5, 5.41) is 3.34. The number of benzene rings is 1. The summed E-state index contributed by atoms with van der Waals surface area (Å²) in [6.45, 7) is 10.9. The zero-order chi connectivity index (χ0) is 16.0. The van der Waals surface area contributed by atoms with Crippen molar-refractivity contribution in [3.63, 3.8) is 0 Å². The topological polar surface area (TPSA) is 46.2 Å². The molecule has 0 saturated carbocycles. The van der Waals surface area contributed by atoms with Crippen LogP contribution in [0.4, 0.5) is 0 Å². The Balaban J connectivity index is 2.99. The van der Waals surface area contributed by atoms with Crippen LogP contribution in [-0.4, -0.2) is 26.5 Å². The van der Waals surface area contributed by atoms with Gasteiger partial charge in [-0.15, -0.1) is 0 Å². The van der Waals surface area contributed by atoms with Crippen LogP contribution in [0.3, 0.4) is 0 Å². The van der Waals surface area contributed by atoms with Gasteiger partial charge in [-0.3, -0.25) is 0 Å². The van der Waals surface area contributed by atoms with Crippen LogP contribution in [0.1, 0.15) is 49.9 Å². The minimum atomic E-state index is -3.05. The van der Waals surface area contributed by atoms with Crippen LogP contribution >= 0.6 is 0 Å². The van der Waals surface area contributed by atoms with Crippen molar-refractivity contribution in [3.05, 3.63) is 34.9 Å². The summed E-state index contributed by atoms with van der Waals surface area (Å²) >= 11 is 0. The molecule has 1 aromatic carbocycles. The standard InChI is InChI=1S/C17H29NO2S/c1-6-13(3)11-21(19,20)12-17(18-7-2)16-10-14(4)8-9-15(16)5/h8-10,13,17-18H,6-7,11-12H2,1-5H3. The Hall–Kier alpha value is -0.870. The van der Waals surface area contributed by atoms with Crippen molar-refractivity contribution in [1.29, 1.82) is 0 Å². The third-order valence-electron chi connectivity index (χ3n) is 3.92. The summed E-state index contributed by atoms with van der Waals surface area (Å²) in [7, 11) is -3.05. The maximum Gasteiger partial charge on any atom is 0.152 e. The summed E-state index contributed by atoms with van der Waals surface area (Å²) in [6, 6.07) is 6.11. The van der Waals surface area contributed by atoms with Crippen molar-refractivity contribution in [1.82, 2.24) is 5.32 Å². The third-order valence-corrected chi connectivity index (χ3v) is 5.83. The van der Waals surface area contributed by atoms with Gasteiger partial charge in [0, 0.05) is 6.04 Å². The van der Waals surface area contributed by atoms with E-state index in [1.807, 2.05) is 34.6 Å². The molecule has 1 rings (SSSR count). The molecule has 0 aliphatic rings. The lowest BCUT2D eigenvalue weighted by atomic mass is 10.00. The number of aryl methyl sites for hydroxylation is 2. The van der Waals surface area contributed by atoms with E-state index in [1.165, 1.54) is 0 Å². The second-order valence-electron chi connectivity index (χ2n) is 6.06.